The molecule has 0 saturated heterocycles. The Labute approximate surface area is 171 Å². The van der Waals surface area contributed by atoms with Crippen molar-refractivity contribution in [1.29, 1.82) is 0 Å². The minimum atomic E-state index is -0.229. The van der Waals surface area contributed by atoms with Gasteiger partial charge in [0.15, 0.2) is 5.78 Å². The molecular weight excluding hydrogens is 364 g/mol. The zero-order chi connectivity index (χ0) is 21.0. The number of nitrogens with one attached hydrogen (secondary N) is 2. The predicted octanol–water partition coefficient (Wildman–Crippen LogP) is 4.36. The number of methoxy groups -OCH3 is 1. The van der Waals surface area contributed by atoms with Crippen LogP contribution in [0.15, 0.2) is 60.7 Å². The van der Waals surface area contributed by atoms with Crippen molar-refractivity contribution < 1.29 is 14.3 Å². The first kappa shape index (κ1) is 20.4. The minimum absolute atomic E-state index is 0.138. The maximum Gasteiger partial charge on any atom is 0.248 e. The summed E-state index contributed by atoms with van der Waals surface area (Å²) in [5.41, 5.74) is 3.82. The number of carbonyl (C=O) groups is 2. The summed E-state index contributed by atoms with van der Waals surface area (Å²) in [6.07, 6.45) is 5.57. The molecule has 3 rings (SSSR count). The molecule has 0 aromatic heterocycles. The van der Waals surface area contributed by atoms with Crippen molar-refractivity contribution in [1.82, 2.24) is 5.32 Å². The third-order valence-corrected chi connectivity index (χ3v) is 4.72. The summed E-state index contributed by atoms with van der Waals surface area (Å²) in [5, 5.41) is 6.23. The second kappa shape index (κ2) is 8.35. The molecule has 0 spiro atoms. The van der Waals surface area contributed by atoms with E-state index in [4.69, 9.17) is 4.74 Å². The largest absolute Gasteiger partial charge is 0.497 e. The molecule has 150 valence electrons. The topological polar surface area (TPSA) is 67.4 Å². The highest BCUT2D eigenvalue weighted by Crippen LogP contribution is 2.32. The summed E-state index contributed by atoms with van der Waals surface area (Å²) < 4.78 is 5.36. The van der Waals surface area contributed by atoms with Crippen molar-refractivity contribution in [3.8, 4) is 5.75 Å². The zero-order valence-corrected chi connectivity index (χ0v) is 17.2. The van der Waals surface area contributed by atoms with Crippen molar-refractivity contribution in [2.75, 3.05) is 12.4 Å². The average molecular weight is 390 g/mol. The Hall–Kier alpha value is -3.34. The summed E-state index contributed by atoms with van der Waals surface area (Å²) >= 11 is 0. The first-order valence-corrected chi connectivity index (χ1v) is 9.56. The van der Waals surface area contributed by atoms with E-state index in [0.29, 0.717) is 11.3 Å². The number of ketones is 1. The Kier molecular flexibility index (Phi) is 5.87. The van der Waals surface area contributed by atoms with Gasteiger partial charge in [0.2, 0.25) is 5.91 Å². The number of carbonyl (C=O) groups excluding carboxylic acids is 2. The molecule has 2 aromatic carbocycles. The molecule has 0 fully saturated rings. The lowest BCUT2D eigenvalue weighted by Gasteiger charge is -2.35. The molecule has 5 nitrogen and oxygen atoms in total. The van der Waals surface area contributed by atoms with Crippen LogP contribution in [0.5, 0.6) is 5.75 Å². The third kappa shape index (κ3) is 4.93. The van der Waals surface area contributed by atoms with Gasteiger partial charge in [0, 0.05) is 34.1 Å². The van der Waals surface area contributed by atoms with E-state index in [2.05, 4.69) is 24.5 Å². The quantitative estimate of drug-likeness (QED) is 0.588. The number of ether oxygens (including phenoxy) is 1. The molecule has 5 heteroatoms. The fourth-order valence-electron chi connectivity index (χ4n) is 3.45. The first-order chi connectivity index (χ1) is 13.8. The van der Waals surface area contributed by atoms with E-state index >= 15 is 0 Å². The lowest BCUT2D eigenvalue weighted by atomic mass is 9.85. The van der Waals surface area contributed by atoms with Crippen molar-refractivity contribution in [2.45, 2.75) is 32.7 Å². The van der Waals surface area contributed by atoms with Crippen LogP contribution in [-0.2, 0) is 11.2 Å². The second-order valence-electron chi connectivity index (χ2n) is 7.70. The molecule has 1 heterocycles. The SMILES string of the molecule is CC=CC(=O)Nc1cccc(C(=O)C=C2NC(C)(C)Cc3ccc(OC)cc32)c1. The van der Waals surface area contributed by atoms with Gasteiger partial charge in [0.05, 0.1) is 7.11 Å². The molecule has 0 atom stereocenters. The number of anilines is 1. The predicted molar refractivity (Wildman–Crippen MR) is 116 cm³/mol. The van der Waals surface area contributed by atoms with Crippen LogP contribution < -0.4 is 15.4 Å². The van der Waals surface area contributed by atoms with Crippen LogP contribution in [0, 0.1) is 0 Å². The monoisotopic (exact) mass is 390 g/mol. The van der Waals surface area contributed by atoms with Crippen molar-refractivity contribution in [3.05, 3.63) is 77.4 Å². The molecule has 0 aliphatic carbocycles. The van der Waals surface area contributed by atoms with E-state index in [0.717, 1.165) is 23.4 Å². The van der Waals surface area contributed by atoms with Gasteiger partial charge in [-0.05, 0) is 63.1 Å². The molecule has 0 radical (unpaired) electrons. The summed E-state index contributed by atoms with van der Waals surface area (Å²) in [4.78, 5) is 24.7. The summed E-state index contributed by atoms with van der Waals surface area (Å²) in [5.74, 6) is 0.380. The summed E-state index contributed by atoms with van der Waals surface area (Å²) in [6.45, 7) is 5.99. The van der Waals surface area contributed by atoms with E-state index < -0.39 is 0 Å². The number of hydrogen-bond acceptors (Lipinski definition) is 4. The Morgan fingerprint density at radius 2 is 1.97 bits per heavy atom. The lowest BCUT2D eigenvalue weighted by molar-refractivity contribution is -0.111. The smallest absolute Gasteiger partial charge is 0.248 e. The molecule has 1 aliphatic rings. The van der Waals surface area contributed by atoms with Gasteiger partial charge < -0.3 is 15.4 Å². The molecule has 2 N–H and O–H groups in total. The van der Waals surface area contributed by atoms with Gasteiger partial charge in [0.25, 0.3) is 0 Å². The van der Waals surface area contributed by atoms with E-state index in [1.807, 2.05) is 18.2 Å². The summed E-state index contributed by atoms with van der Waals surface area (Å²) in [6, 6.07) is 12.9. The van der Waals surface area contributed by atoms with Crippen molar-refractivity contribution in [3.63, 3.8) is 0 Å². The molecular formula is C24H26N2O3. The molecule has 1 aliphatic heterocycles. The van der Waals surface area contributed by atoms with Gasteiger partial charge in [-0.25, -0.2) is 0 Å². The number of benzene rings is 2. The number of allylic oxidation sites excluding steroid dienone is 2. The highest BCUT2D eigenvalue weighted by atomic mass is 16.5. The van der Waals surface area contributed by atoms with Crippen LogP contribution in [0.2, 0.25) is 0 Å². The Morgan fingerprint density at radius 1 is 1.17 bits per heavy atom. The van der Waals surface area contributed by atoms with Gasteiger partial charge in [-0.3, -0.25) is 9.59 Å². The van der Waals surface area contributed by atoms with Gasteiger partial charge in [0.1, 0.15) is 5.75 Å². The number of rotatable bonds is 5. The standard InChI is InChI=1S/C24H26N2O3/c1-5-7-23(28)25-18-9-6-8-16(12-18)22(27)14-21-20-13-19(29-4)11-10-17(20)15-24(2,3)26-21/h5-14,26H,15H2,1-4H3,(H,25,28). The maximum absolute atomic E-state index is 13.0. The normalized spacial score (nSPS) is 16.2. The molecule has 0 bridgehead atoms. The van der Waals surface area contributed by atoms with E-state index in [1.165, 1.54) is 11.6 Å². The fourth-order valence-corrected chi connectivity index (χ4v) is 3.45. The van der Waals surface area contributed by atoms with Crippen LogP contribution in [-0.4, -0.2) is 24.3 Å². The first-order valence-electron chi connectivity index (χ1n) is 9.56. The van der Waals surface area contributed by atoms with Gasteiger partial charge >= 0.3 is 0 Å². The number of amides is 1. The van der Waals surface area contributed by atoms with Crippen LogP contribution in [0.1, 0.15) is 42.3 Å². The molecule has 29 heavy (non-hydrogen) atoms. The third-order valence-electron chi connectivity index (χ3n) is 4.72. The zero-order valence-electron chi connectivity index (χ0n) is 17.2. The Balaban J connectivity index is 1.94. The van der Waals surface area contributed by atoms with Crippen LogP contribution in [0.4, 0.5) is 5.69 Å². The lowest BCUT2D eigenvalue weighted by Crippen LogP contribution is -2.43. The van der Waals surface area contributed by atoms with Gasteiger partial charge in [-0.1, -0.05) is 24.3 Å². The van der Waals surface area contributed by atoms with Crippen LogP contribution in [0.25, 0.3) is 5.70 Å². The molecule has 2 aromatic rings. The van der Waals surface area contributed by atoms with Crippen LogP contribution >= 0.6 is 0 Å². The fraction of sp³-hybridized carbons (Fsp3) is 0.250. The Bertz CT molecular complexity index is 1000. The second-order valence-corrected chi connectivity index (χ2v) is 7.70. The summed E-state index contributed by atoms with van der Waals surface area (Å²) in [7, 11) is 1.63. The minimum Gasteiger partial charge on any atom is -0.497 e. The number of hydrogen-bond donors (Lipinski definition) is 2. The van der Waals surface area contributed by atoms with Gasteiger partial charge in [-0.2, -0.15) is 0 Å². The van der Waals surface area contributed by atoms with Gasteiger partial charge in [-0.15, -0.1) is 0 Å². The molecule has 1 amide bonds. The van der Waals surface area contributed by atoms with Crippen molar-refractivity contribution in [2.24, 2.45) is 0 Å². The molecule has 0 unspecified atom stereocenters. The van der Waals surface area contributed by atoms with E-state index in [-0.39, 0.29) is 17.2 Å². The van der Waals surface area contributed by atoms with E-state index in [1.54, 1.807) is 50.5 Å². The number of fused-ring (bicyclic) bond motifs is 1. The Morgan fingerprint density at radius 3 is 2.69 bits per heavy atom. The van der Waals surface area contributed by atoms with Crippen LogP contribution in [0.3, 0.4) is 0 Å². The highest BCUT2D eigenvalue weighted by Gasteiger charge is 2.28. The highest BCUT2D eigenvalue weighted by molar-refractivity contribution is 6.09. The average Bonchev–Trinajstić information content (AvgIpc) is 2.67. The maximum atomic E-state index is 13.0. The van der Waals surface area contributed by atoms with E-state index in [9.17, 15) is 9.59 Å². The van der Waals surface area contributed by atoms with Crippen molar-refractivity contribution >= 4 is 23.1 Å². The molecule has 0 saturated carbocycles.